The van der Waals surface area contributed by atoms with Crippen LogP contribution in [0.1, 0.15) is 0 Å². The lowest BCUT2D eigenvalue weighted by molar-refractivity contribution is 0.359. The maximum Gasteiger partial charge on any atom is 0.120 e. The molecular formula is C21H23BrNOS. The van der Waals surface area contributed by atoms with Crippen molar-refractivity contribution in [3.05, 3.63) is 71.7 Å². The number of nitrogens with zero attached hydrogens (tertiary/aromatic N) is 1. The first-order valence-electron chi connectivity index (χ1n) is 8.07. The van der Waals surface area contributed by atoms with E-state index >= 15 is 0 Å². The van der Waals surface area contributed by atoms with E-state index in [1.54, 1.807) is 11.8 Å². The largest absolute Gasteiger partial charge is 0.490 e. The maximum atomic E-state index is 5.85. The van der Waals surface area contributed by atoms with Crippen molar-refractivity contribution in [1.82, 2.24) is 4.90 Å². The molecule has 0 saturated heterocycles. The average Bonchev–Trinajstić information content (AvgIpc) is 2.61. The molecule has 2 aromatic carbocycles. The van der Waals surface area contributed by atoms with Gasteiger partial charge in [-0.15, -0.1) is 18.3 Å². The summed E-state index contributed by atoms with van der Waals surface area (Å²) in [7, 11) is 2.06. The summed E-state index contributed by atoms with van der Waals surface area (Å²) >= 11 is 5.24. The van der Waals surface area contributed by atoms with Gasteiger partial charge in [-0.2, -0.15) is 0 Å². The first-order valence-corrected chi connectivity index (χ1v) is 10.1. The fourth-order valence-electron chi connectivity index (χ4n) is 2.34. The second-order valence-electron chi connectivity index (χ2n) is 5.57. The third kappa shape index (κ3) is 6.38. The van der Waals surface area contributed by atoms with Crippen molar-refractivity contribution >= 4 is 27.7 Å². The number of thioether (sulfide) groups is 1. The predicted octanol–water partition coefficient (Wildman–Crippen LogP) is 5.69. The van der Waals surface area contributed by atoms with Gasteiger partial charge in [-0.1, -0.05) is 40.2 Å². The third-order valence-corrected chi connectivity index (χ3v) is 4.87. The number of hydrogen-bond donors (Lipinski definition) is 0. The topological polar surface area (TPSA) is 12.5 Å². The third-order valence-electron chi connectivity index (χ3n) is 3.60. The molecule has 0 heterocycles. The summed E-state index contributed by atoms with van der Waals surface area (Å²) in [5.74, 6) is 0.882. The number of ether oxygens (including phenoxy) is 1. The van der Waals surface area contributed by atoms with E-state index in [1.807, 2.05) is 30.4 Å². The Bertz CT molecular complexity index is 730. The highest BCUT2D eigenvalue weighted by atomic mass is 79.9. The Kier molecular flexibility index (Phi) is 8.32. The van der Waals surface area contributed by atoms with Crippen LogP contribution in [-0.2, 0) is 0 Å². The fourth-order valence-corrected chi connectivity index (χ4v) is 3.33. The van der Waals surface area contributed by atoms with Crippen molar-refractivity contribution in [2.45, 2.75) is 4.90 Å². The van der Waals surface area contributed by atoms with Crippen LogP contribution in [-0.4, -0.2) is 37.9 Å². The second-order valence-corrected chi connectivity index (χ2v) is 7.34. The highest BCUT2D eigenvalue weighted by Crippen LogP contribution is 2.34. The Labute approximate surface area is 163 Å². The molecular weight excluding hydrogens is 394 g/mol. The number of hydrogen-bond acceptors (Lipinski definition) is 3. The van der Waals surface area contributed by atoms with Gasteiger partial charge in [0.05, 0.1) is 0 Å². The summed E-state index contributed by atoms with van der Waals surface area (Å²) in [4.78, 5) is 3.36. The van der Waals surface area contributed by atoms with Gasteiger partial charge in [0.15, 0.2) is 0 Å². The molecule has 0 saturated carbocycles. The van der Waals surface area contributed by atoms with Gasteiger partial charge in [0, 0.05) is 22.5 Å². The Morgan fingerprint density at radius 2 is 2.08 bits per heavy atom. The molecule has 0 spiro atoms. The standard InChI is InChI=1S/C21H23BrNOS/c1-4-12-23(2)13-5-6-14-24-19-10-11-20(21(16-19)25-3)17-8-7-9-18(22)15-17/h4-7,9-11,15-16H,1,12-14H2,2-3H3/b6-5+. The van der Waals surface area contributed by atoms with Crippen molar-refractivity contribution in [1.29, 1.82) is 0 Å². The van der Waals surface area contributed by atoms with Gasteiger partial charge < -0.3 is 4.74 Å². The normalized spacial score (nSPS) is 11.2. The zero-order valence-electron chi connectivity index (χ0n) is 14.7. The number of benzene rings is 2. The molecule has 0 aliphatic rings. The van der Waals surface area contributed by atoms with Crippen LogP contribution in [0, 0.1) is 6.07 Å². The van der Waals surface area contributed by atoms with Gasteiger partial charge in [0.2, 0.25) is 0 Å². The summed E-state index contributed by atoms with van der Waals surface area (Å²) < 4.78 is 6.90. The van der Waals surface area contributed by atoms with E-state index in [0.29, 0.717) is 6.61 Å². The lowest BCUT2D eigenvalue weighted by Gasteiger charge is -2.12. The molecule has 0 aliphatic carbocycles. The SMILES string of the molecule is C=CCN(C)C/C=C/COc1ccc(-c2[c]ccc(Br)c2)c(SC)c1. The predicted molar refractivity (Wildman–Crippen MR) is 113 cm³/mol. The van der Waals surface area contributed by atoms with Gasteiger partial charge in [-0.25, -0.2) is 0 Å². The number of rotatable bonds is 9. The quantitative estimate of drug-likeness (QED) is 0.384. The molecule has 0 fully saturated rings. The molecule has 0 aliphatic heterocycles. The molecule has 2 rings (SSSR count). The Hall–Kier alpha value is -1.49. The first-order chi connectivity index (χ1) is 12.1. The van der Waals surface area contributed by atoms with Crippen LogP contribution >= 0.6 is 27.7 Å². The summed E-state index contributed by atoms with van der Waals surface area (Å²) in [5, 5.41) is 0. The molecule has 0 aromatic heterocycles. The van der Waals surface area contributed by atoms with Crippen molar-refractivity contribution in [2.24, 2.45) is 0 Å². The molecule has 2 aromatic rings. The van der Waals surface area contributed by atoms with Crippen LogP contribution in [0.2, 0.25) is 0 Å². The van der Waals surface area contributed by atoms with Gasteiger partial charge in [-0.3, -0.25) is 4.90 Å². The summed E-state index contributed by atoms with van der Waals surface area (Å²) in [6.07, 6.45) is 8.15. The van der Waals surface area contributed by atoms with Gasteiger partial charge in [0.1, 0.15) is 12.4 Å². The van der Waals surface area contributed by atoms with E-state index in [9.17, 15) is 0 Å². The monoisotopic (exact) mass is 416 g/mol. The molecule has 131 valence electrons. The summed E-state index contributed by atoms with van der Waals surface area (Å²) in [6.45, 7) is 6.08. The average molecular weight is 417 g/mol. The van der Waals surface area contributed by atoms with Crippen LogP contribution < -0.4 is 4.74 Å². The lowest BCUT2D eigenvalue weighted by atomic mass is 10.1. The van der Waals surface area contributed by atoms with Crippen molar-refractivity contribution in [3.8, 4) is 16.9 Å². The van der Waals surface area contributed by atoms with E-state index in [2.05, 4.69) is 71.1 Å². The highest BCUT2D eigenvalue weighted by Gasteiger charge is 2.07. The van der Waals surface area contributed by atoms with Crippen molar-refractivity contribution in [2.75, 3.05) is 33.0 Å². The maximum absolute atomic E-state index is 5.85. The van der Waals surface area contributed by atoms with E-state index in [1.165, 1.54) is 10.5 Å². The molecule has 0 atom stereocenters. The molecule has 0 N–H and O–H groups in total. The smallest absolute Gasteiger partial charge is 0.120 e. The van der Waals surface area contributed by atoms with Crippen LogP contribution in [0.3, 0.4) is 0 Å². The minimum Gasteiger partial charge on any atom is -0.490 e. The molecule has 0 bridgehead atoms. The van der Waals surface area contributed by atoms with Crippen molar-refractivity contribution in [3.63, 3.8) is 0 Å². The highest BCUT2D eigenvalue weighted by molar-refractivity contribution is 9.10. The Morgan fingerprint density at radius 3 is 2.80 bits per heavy atom. The van der Waals surface area contributed by atoms with Gasteiger partial charge in [0.25, 0.3) is 0 Å². The van der Waals surface area contributed by atoms with E-state index in [0.717, 1.165) is 28.9 Å². The molecule has 0 unspecified atom stereocenters. The number of halogens is 1. The van der Waals surface area contributed by atoms with E-state index in [-0.39, 0.29) is 0 Å². The minimum absolute atomic E-state index is 0.568. The van der Waals surface area contributed by atoms with E-state index < -0.39 is 0 Å². The molecule has 2 nitrogen and oxygen atoms in total. The summed E-state index contributed by atoms with van der Waals surface area (Å²) in [6, 6.07) is 15.5. The van der Waals surface area contributed by atoms with Crippen molar-refractivity contribution < 1.29 is 4.74 Å². The van der Waals surface area contributed by atoms with Crippen LogP contribution in [0.25, 0.3) is 11.1 Å². The second kappa shape index (κ2) is 10.5. The number of likely N-dealkylation sites (N-methyl/N-ethyl adjacent to an activating group) is 1. The first kappa shape index (κ1) is 19.8. The molecule has 0 amide bonds. The van der Waals surface area contributed by atoms with Crippen LogP contribution in [0.5, 0.6) is 5.75 Å². The molecule has 25 heavy (non-hydrogen) atoms. The minimum atomic E-state index is 0.568. The lowest BCUT2D eigenvalue weighted by Crippen LogP contribution is -2.17. The molecule has 1 radical (unpaired) electrons. The zero-order chi connectivity index (χ0) is 18.1. The van der Waals surface area contributed by atoms with Gasteiger partial charge >= 0.3 is 0 Å². The summed E-state index contributed by atoms with van der Waals surface area (Å²) in [5.41, 5.74) is 2.25. The Balaban J connectivity index is 1.99. The van der Waals surface area contributed by atoms with Gasteiger partial charge in [-0.05, 0) is 60.8 Å². The van der Waals surface area contributed by atoms with E-state index in [4.69, 9.17) is 4.74 Å². The fraction of sp³-hybridized carbons (Fsp3) is 0.238. The molecule has 4 heteroatoms. The zero-order valence-corrected chi connectivity index (χ0v) is 17.1. The van der Waals surface area contributed by atoms with Crippen LogP contribution in [0.15, 0.2) is 70.6 Å². The Morgan fingerprint density at radius 1 is 1.24 bits per heavy atom. The van der Waals surface area contributed by atoms with Crippen LogP contribution in [0.4, 0.5) is 0 Å².